The SMILES string of the molecule is CCC(C)C(=O)NCC(=O)CC(CC)C(=O)C(CC)O[C@H]1OC(CC)[C@H](C)[C@H](C)C1C. The van der Waals surface area contributed by atoms with E-state index < -0.39 is 18.3 Å². The summed E-state index contributed by atoms with van der Waals surface area (Å²) in [6.07, 6.45) is 2.01. The van der Waals surface area contributed by atoms with Gasteiger partial charge in [-0.3, -0.25) is 14.4 Å². The smallest absolute Gasteiger partial charge is 0.223 e. The van der Waals surface area contributed by atoms with Gasteiger partial charge in [0.05, 0.1) is 12.6 Å². The highest BCUT2D eigenvalue weighted by molar-refractivity contribution is 5.92. The lowest BCUT2D eigenvalue weighted by atomic mass is 9.78. The Morgan fingerprint density at radius 2 is 1.58 bits per heavy atom. The van der Waals surface area contributed by atoms with Crippen molar-refractivity contribution in [2.24, 2.45) is 29.6 Å². The molecule has 0 spiro atoms. The topological polar surface area (TPSA) is 81.7 Å². The summed E-state index contributed by atoms with van der Waals surface area (Å²) in [5, 5.41) is 2.69. The Hall–Kier alpha value is -1.27. The number of amides is 1. The van der Waals surface area contributed by atoms with Gasteiger partial charge in [-0.25, -0.2) is 0 Å². The quantitative estimate of drug-likeness (QED) is 0.455. The first-order valence-electron chi connectivity index (χ1n) is 12.2. The number of hydrogen-bond donors (Lipinski definition) is 1. The van der Waals surface area contributed by atoms with Gasteiger partial charge in [0.25, 0.3) is 0 Å². The molecule has 6 nitrogen and oxygen atoms in total. The van der Waals surface area contributed by atoms with Crippen molar-refractivity contribution in [1.82, 2.24) is 5.32 Å². The second-order valence-corrected chi connectivity index (χ2v) is 9.34. The molecule has 8 atom stereocenters. The van der Waals surface area contributed by atoms with Gasteiger partial charge in [-0.2, -0.15) is 0 Å². The summed E-state index contributed by atoms with van der Waals surface area (Å²) in [6.45, 7) is 16.3. The van der Waals surface area contributed by atoms with E-state index in [1.165, 1.54) is 0 Å². The molecule has 0 aliphatic carbocycles. The standard InChI is InChI=1S/C25H45NO5/c1-9-15(5)24(29)26-14-20(27)13-19(10-2)23(28)22(12-4)31-25-18(8)16(6)17(7)21(11-3)30-25/h15-19,21-22,25H,9-14H2,1-8H3,(H,26,29)/t15?,16-,17+,18?,19?,21?,22?,25+/m0/s1. The van der Waals surface area contributed by atoms with Gasteiger partial charge < -0.3 is 14.8 Å². The summed E-state index contributed by atoms with van der Waals surface area (Å²) in [7, 11) is 0. The zero-order valence-corrected chi connectivity index (χ0v) is 20.9. The van der Waals surface area contributed by atoms with Gasteiger partial charge in [0.15, 0.2) is 17.9 Å². The zero-order valence-electron chi connectivity index (χ0n) is 20.9. The Balaban J connectivity index is 2.73. The Morgan fingerprint density at radius 1 is 0.935 bits per heavy atom. The molecule has 5 unspecified atom stereocenters. The van der Waals surface area contributed by atoms with Gasteiger partial charge in [0.1, 0.15) is 6.10 Å². The number of Topliss-reactive ketones (excluding diaryl/α,β-unsaturated/α-hetero) is 2. The average molecular weight is 440 g/mol. The van der Waals surface area contributed by atoms with Crippen LogP contribution in [0.5, 0.6) is 0 Å². The molecule has 6 heteroatoms. The molecule has 1 rings (SSSR count). The van der Waals surface area contributed by atoms with E-state index >= 15 is 0 Å². The van der Waals surface area contributed by atoms with Crippen molar-refractivity contribution < 1.29 is 23.9 Å². The lowest BCUT2D eigenvalue weighted by molar-refractivity contribution is -0.261. The first kappa shape index (κ1) is 27.8. The normalized spacial score (nSPS) is 29.1. The molecule has 0 bridgehead atoms. The Kier molecular flexibility index (Phi) is 11.9. The number of rotatable bonds is 13. The predicted molar refractivity (Wildman–Crippen MR) is 122 cm³/mol. The minimum Gasteiger partial charge on any atom is -0.349 e. The van der Waals surface area contributed by atoms with E-state index in [1.807, 2.05) is 27.7 Å². The lowest BCUT2D eigenvalue weighted by Crippen LogP contribution is -2.48. The van der Waals surface area contributed by atoms with E-state index in [0.717, 1.165) is 12.8 Å². The van der Waals surface area contributed by atoms with Crippen LogP contribution < -0.4 is 5.32 Å². The minimum atomic E-state index is -0.585. The molecular weight excluding hydrogens is 394 g/mol. The van der Waals surface area contributed by atoms with Crippen LogP contribution >= 0.6 is 0 Å². The third-order valence-electron chi connectivity index (χ3n) is 7.26. The fourth-order valence-electron chi connectivity index (χ4n) is 4.24. The molecule has 180 valence electrons. The minimum absolute atomic E-state index is 0.0268. The highest BCUT2D eigenvalue weighted by Gasteiger charge is 2.41. The van der Waals surface area contributed by atoms with E-state index in [4.69, 9.17) is 9.47 Å². The molecule has 0 aromatic carbocycles. The molecule has 1 aliphatic rings. The Bertz CT molecular complexity index is 590. The van der Waals surface area contributed by atoms with Gasteiger partial charge in [-0.1, -0.05) is 55.4 Å². The average Bonchev–Trinajstić information content (AvgIpc) is 2.77. The van der Waals surface area contributed by atoms with E-state index in [-0.39, 0.29) is 48.4 Å². The van der Waals surface area contributed by atoms with Crippen molar-refractivity contribution in [3.63, 3.8) is 0 Å². The number of carbonyl (C=O) groups is 3. The monoisotopic (exact) mass is 439 g/mol. The molecule has 0 radical (unpaired) electrons. The van der Waals surface area contributed by atoms with E-state index in [1.54, 1.807) is 0 Å². The summed E-state index contributed by atoms with van der Waals surface area (Å²) in [5.74, 6) is 0.263. The molecule has 0 aromatic heterocycles. The van der Waals surface area contributed by atoms with Gasteiger partial charge in [0.2, 0.25) is 5.91 Å². The summed E-state index contributed by atoms with van der Waals surface area (Å²) in [5.41, 5.74) is 0. The molecule has 1 heterocycles. The predicted octanol–water partition coefficient (Wildman–Crippen LogP) is 4.54. The van der Waals surface area contributed by atoms with Crippen molar-refractivity contribution in [2.45, 2.75) is 106 Å². The van der Waals surface area contributed by atoms with Gasteiger partial charge in [-0.05, 0) is 37.5 Å². The van der Waals surface area contributed by atoms with E-state index in [0.29, 0.717) is 24.7 Å². The molecule has 0 aromatic rings. The molecule has 1 N–H and O–H groups in total. The third-order valence-corrected chi connectivity index (χ3v) is 7.26. The van der Waals surface area contributed by atoms with Crippen LogP contribution in [0, 0.1) is 29.6 Å². The first-order valence-corrected chi connectivity index (χ1v) is 12.2. The summed E-state index contributed by atoms with van der Waals surface area (Å²) in [4.78, 5) is 37.5. The molecule has 1 saturated heterocycles. The van der Waals surface area contributed by atoms with Crippen LogP contribution in [0.4, 0.5) is 0 Å². The van der Waals surface area contributed by atoms with Crippen molar-refractivity contribution >= 4 is 17.5 Å². The van der Waals surface area contributed by atoms with Gasteiger partial charge >= 0.3 is 0 Å². The maximum atomic E-state index is 13.2. The number of ether oxygens (including phenoxy) is 2. The number of carbonyl (C=O) groups excluding carboxylic acids is 3. The maximum absolute atomic E-state index is 13.2. The second-order valence-electron chi connectivity index (χ2n) is 9.34. The summed E-state index contributed by atoms with van der Waals surface area (Å²) >= 11 is 0. The van der Waals surface area contributed by atoms with Crippen LogP contribution in [0.15, 0.2) is 0 Å². The van der Waals surface area contributed by atoms with Crippen LogP contribution in [0.25, 0.3) is 0 Å². The van der Waals surface area contributed by atoms with E-state index in [9.17, 15) is 14.4 Å². The molecule has 1 fully saturated rings. The van der Waals surface area contributed by atoms with Crippen LogP contribution in [0.3, 0.4) is 0 Å². The Morgan fingerprint density at radius 3 is 2.10 bits per heavy atom. The number of ketones is 2. The highest BCUT2D eigenvalue weighted by Crippen LogP contribution is 2.37. The number of nitrogens with one attached hydrogen (secondary N) is 1. The van der Waals surface area contributed by atoms with Crippen LogP contribution in [0.2, 0.25) is 0 Å². The van der Waals surface area contributed by atoms with Crippen molar-refractivity contribution in [3.8, 4) is 0 Å². The zero-order chi connectivity index (χ0) is 23.7. The Labute approximate surface area is 189 Å². The van der Waals surface area contributed by atoms with Crippen molar-refractivity contribution in [2.75, 3.05) is 6.54 Å². The second kappa shape index (κ2) is 13.3. The summed E-state index contributed by atoms with van der Waals surface area (Å²) in [6, 6.07) is 0. The molecule has 31 heavy (non-hydrogen) atoms. The molecule has 1 aliphatic heterocycles. The van der Waals surface area contributed by atoms with Crippen LogP contribution in [-0.2, 0) is 23.9 Å². The van der Waals surface area contributed by atoms with Crippen molar-refractivity contribution in [1.29, 1.82) is 0 Å². The van der Waals surface area contributed by atoms with Crippen LogP contribution in [0.1, 0.15) is 87.5 Å². The van der Waals surface area contributed by atoms with Crippen molar-refractivity contribution in [3.05, 3.63) is 0 Å². The maximum Gasteiger partial charge on any atom is 0.223 e. The fraction of sp³-hybridized carbons (Fsp3) is 0.880. The van der Waals surface area contributed by atoms with Gasteiger partial charge in [-0.15, -0.1) is 0 Å². The van der Waals surface area contributed by atoms with Crippen LogP contribution in [-0.4, -0.2) is 42.5 Å². The third kappa shape index (κ3) is 7.67. The summed E-state index contributed by atoms with van der Waals surface area (Å²) < 4.78 is 12.4. The number of hydrogen-bond acceptors (Lipinski definition) is 5. The first-order chi connectivity index (χ1) is 14.6. The largest absolute Gasteiger partial charge is 0.349 e. The van der Waals surface area contributed by atoms with E-state index in [2.05, 4.69) is 33.0 Å². The molecule has 1 amide bonds. The lowest BCUT2D eigenvalue weighted by Gasteiger charge is -2.44. The van der Waals surface area contributed by atoms with Gasteiger partial charge in [0, 0.05) is 24.2 Å². The highest BCUT2D eigenvalue weighted by atomic mass is 16.7. The fourth-order valence-corrected chi connectivity index (χ4v) is 4.24. The molecular formula is C25H45NO5. The molecule has 0 saturated carbocycles.